The van der Waals surface area contributed by atoms with Crippen molar-refractivity contribution in [2.24, 2.45) is 5.92 Å². The number of ketones is 1. The molecule has 2 aliphatic heterocycles. The Morgan fingerprint density at radius 3 is 2.81 bits per heavy atom. The third-order valence-electron chi connectivity index (χ3n) is 5.24. The first kappa shape index (κ1) is 17.6. The number of carbonyl (C=O) groups is 2. The summed E-state index contributed by atoms with van der Waals surface area (Å²) >= 11 is 12.0. The Hall–Kier alpha value is -1.85. The average molecular weight is 392 g/mol. The van der Waals surface area contributed by atoms with Gasteiger partial charge in [-0.05, 0) is 31.0 Å². The van der Waals surface area contributed by atoms with Crippen LogP contribution in [0.1, 0.15) is 51.9 Å². The highest BCUT2D eigenvalue weighted by Crippen LogP contribution is 2.30. The molecule has 0 radical (unpaired) electrons. The second-order valence-electron chi connectivity index (χ2n) is 7.01. The molecule has 136 valence electrons. The molecule has 1 aromatic heterocycles. The summed E-state index contributed by atoms with van der Waals surface area (Å²) in [5.41, 5.74) is 3.04. The fraction of sp³-hybridized carbons (Fsp3) is 0.421. The van der Waals surface area contributed by atoms with Crippen molar-refractivity contribution < 1.29 is 9.59 Å². The number of carbonyl (C=O) groups excluding carboxylic acids is 2. The van der Waals surface area contributed by atoms with Crippen LogP contribution in [-0.2, 0) is 19.5 Å². The van der Waals surface area contributed by atoms with Crippen LogP contribution in [0.4, 0.5) is 0 Å². The van der Waals surface area contributed by atoms with Crippen LogP contribution in [0.15, 0.2) is 18.2 Å². The standard InChI is InChI=1S/C19H19Cl2N3O2/c1-11-3-2-7-24-17(18(11)25)13-10-23(8-6-16(13)22-24)19(26)12-4-5-14(20)15(21)9-12/h4-5,9,11H,2-3,6-8,10H2,1H3. The molecule has 0 aliphatic carbocycles. The maximum Gasteiger partial charge on any atom is 0.254 e. The normalized spacial score (nSPS) is 19.7. The molecule has 0 saturated carbocycles. The summed E-state index contributed by atoms with van der Waals surface area (Å²) in [7, 11) is 0. The minimum Gasteiger partial charge on any atom is -0.334 e. The monoisotopic (exact) mass is 391 g/mol. The van der Waals surface area contributed by atoms with E-state index < -0.39 is 0 Å². The molecule has 3 heterocycles. The van der Waals surface area contributed by atoms with Crippen LogP contribution in [0, 0.1) is 5.92 Å². The Labute approximate surface area is 161 Å². The van der Waals surface area contributed by atoms with E-state index in [0.717, 1.165) is 30.6 Å². The number of Topliss-reactive ketones (excluding diaryl/α,β-unsaturated/α-hetero) is 1. The number of halogens is 2. The Bertz CT molecular complexity index is 906. The van der Waals surface area contributed by atoms with Gasteiger partial charge in [-0.2, -0.15) is 5.10 Å². The van der Waals surface area contributed by atoms with Crippen molar-refractivity contribution in [3.05, 3.63) is 50.8 Å². The van der Waals surface area contributed by atoms with Crippen molar-refractivity contribution >= 4 is 34.9 Å². The predicted octanol–water partition coefficient (Wildman–Crippen LogP) is 4.00. The van der Waals surface area contributed by atoms with Crippen molar-refractivity contribution in [1.29, 1.82) is 0 Å². The van der Waals surface area contributed by atoms with E-state index in [0.29, 0.717) is 40.8 Å². The van der Waals surface area contributed by atoms with Gasteiger partial charge >= 0.3 is 0 Å². The van der Waals surface area contributed by atoms with Gasteiger partial charge in [0.05, 0.1) is 22.3 Å². The number of aromatic nitrogens is 2. The molecule has 26 heavy (non-hydrogen) atoms. The van der Waals surface area contributed by atoms with Gasteiger partial charge in [0.2, 0.25) is 0 Å². The molecular weight excluding hydrogens is 373 g/mol. The van der Waals surface area contributed by atoms with E-state index in [4.69, 9.17) is 23.2 Å². The van der Waals surface area contributed by atoms with Gasteiger partial charge in [-0.25, -0.2) is 0 Å². The van der Waals surface area contributed by atoms with Crippen molar-refractivity contribution in [3.63, 3.8) is 0 Å². The minimum absolute atomic E-state index is 0.00167. The fourth-order valence-corrected chi connectivity index (χ4v) is 4.06. The molecular formula is C19H19Cl2N3O2. The van der Waals surface area contributed by atoms with E-state index in [-0.39, 0.29) is 17.6 Å². The van der Waals surface area contributed by atoms with Crippen LogP contribution in [0.3, 0.4) is 0 Å². The molecule has 0 fully saturated rings. The van der Waals surface area contributed by atoms with Crippen LogP contribution < -0.4 is 0 Å². The highest BCUT2D eigenvalue weighted by molar-refractivity contribution is 6.42. The Morgan fingerprint density at radius 2 is 2.04 bits per heavy atom. The maximum absolute atomic E-state index is 12.9. The fourth-order valence-electron chi connectivity index (χ4n) is 3.76. The van der Waals surface area contributed by atoms with Crippen molar-refractivity contribution in [2.45, 2.75) is 39.3 Å². The first-order valence-corrected chi connectivity index (χ1v) is 9.58. The van der Waals surface area contributed by atoms with E-state index in [2.05, 4.69) is 5.10 Å². The van der Waals surface area contributed by atoms with E-state index in [1.54, 1.807) is 23.1 Å². The first-order valence-electron chi connectivity index (χ1n) is 8.83. The lowest BCUT2D eigenvalue weighted by atomic mass is 9.95. The zero-order chi connectivity index (χ0) is 18.4. The number of fused-ring (bicyclic) bond motifs is 3. The second-order valence-corrected chi connectivity index (χ2v) is 7.82. The molecule has 1 unspecified atom stereocenters. The van der Waals surface area contributed by atoms with Crippen LogP contribution in [0.5, 0.6) is 0 Å². The summed E-state index contributed by atoms with van der Waals surface area (Å²) in [4.78, 5) is 27.4. The third kappa shape index (κ3) is 2.93. The average Bonchev–Trinajstić information content (AvgIpc) is 2.93. The molecule has 0 N–H and O–H groups in total. The van der Waals surface area contributed by atoms with Gasteiger partial charge in [0, 0.05) is 36.6 Å². The SMILES string of the molecule is CC1CCCn2nc3c(c2C1=O)CN(C(=O)c1ccc(Cl)c(Cl)c1)CC3. The number of hydrogen-bond acceptors (Lipinski definition) is 3. The second kappa shape index (κ2) is 6.71. The summed E-state index contributed by atoms with van der Waals surface area (Å²) in [6, 6.07) is 4.90. The lowest BCUT2D eigenvalue weighted by Gasteiger charge is -2.27. The Morgan fingerprint density at radius 1 is 1.23 bits per heavy atom. The quantitative estimate of drug-likeness (QED) is 0.737. The molecule has 4 rings (SSSR count). The molecule has 7 heteroatoms. The van der Waals surface area contributed by atoms with Gasteiger partial charge in [0.15, 0.2) is 5.78 Å². The number of benzene rings is 1. The van der Waals surface area contributed by atoms with Gasteiger partial charge < -0.3 is 4.90 Å². The van der Waals surface area contributed by atoms with Crippen LogP contribution in [-0.4, -0.2) is 32.9 Å². The minimum atomic E-state index is -0.108. The summed E-state index contributed by atoms with van der Waals surface area (Å²) in [6.45, 7) is 3.71. The highest BCUT2D eigenvalue weighted by atomic mass is 35.5. The topological polar surface area (TPSA) is 55.2 Å². The summed E-state index contributed by atoms with van der Waals surface area (Å²) in [5.74, 6) is 0.0292. The molecule has 0 spiro atoms. The smallest absolute Gasteiger partial charge is 0.254 e. The molecule has 2 aromatic rings. The lowest BCUT2D eigenvalue weighted by Crippen LogP contribution is -2.36. The molecule has 0 saturated heterocycles. The van der Waals surface area contributed by atoms with Crippen LogP contribution in [0.25, 0.3) is 0 Å². The highest BCUT2D eigenvalue weighted by Gasteiger charge is 2.33. The van der Waals surface area contributed by atoms with E-state index in [9.17, 15) is 9.59 Å². The predicted molar refractivity (Wildman–Crippen MR) is 99.9 cm³/mol. The lowest BCUT2D eigenvalue weighted by molar-refractivity contribution is 0.0731. The molecule has 1 atom stereocenters. The van der Waals surface area contributed by atoms with Crippen molar-refractivity contribution in [2.75, 3.05) is 6.54 Å². The summed E-state index contributed by atoms with van der Waals surface area (Å²) in [5, 5.41) is 5.43. The number of nitrogens with zero attached hydrogens (tertiary/aromatic N) is 3. The number of amides is 1. The first-order chi connectivity index (χ1) is 12.5. The van der Waals surface area contributed by atoms with E-state index in [1.165, 1.54) is 0 Å². The molecule has 2 aliphatic rings. The van der Waals surface area contributed by atoms with E-state index >= 15 is 0 Å². The summed E-state index contributed by atoms with van der Waals surface area (Å²) < 4.78 is 1.85. The number of hydrogen-bond donors (Lipinski definition) is 0. The maximum atomic E-state index is 12.9. The van der Waals surface area contributed by atoms with Crippen LogP contribution in [0.2, 0.25) is 10.0 Å². The van der Waals surface area contributed by atoms with Crippen molar-refractivity contribution in [3.8, 4) is 0 Å². The van der Waals surface area contributed by atoms with Crippen LogP contribution >= 0.6 is 23.2 Å². The zero-order valence-corrected chi connectivity index (χ0v) is 16.0. The molecule has 1 amide bonds. The Balaban J connectivity index is 1.65. The van der Waals surface area contributed by atoms with E-state index in [1.807, 2.05) is 11.6 Å². The van der Waals surface area contributed by atoms with Gasteiger partial charge in [-0.3, -0.25) is 14.3 Å². The summed E-state index contributed by atoms with van der Waals surface area (Å²) in [6.07, 6.45) is 2.49. The molecule has 5 nitrogen and oxygen atoms in total. The van der Waals surface area contributed by atoms with Gasteiger partial charge in [-0.1, -0.05) is 30.1 Å². The Kier molecular flexibility index (Phi) is 4.53. The van der Waals surface area contributed by atoms with Gasteiger partial charge in [-0.15, -0.1) is 0 Å². The number of aryl methyl sites for hydroxylation is 1. The zero-order valence-electron chi connectivity index (χ0n) is 14.5. The molecule has 0 bridgehead atoms. The third-order valence-corrected chi connectivity index (χ3v) is 5.98. The number of rotatable bonds is 1. The largest absolute Gasteiger partial charge is 0.334 e. The van der Waals surface area contributed by atoms with Gasteiger partial charge in [0.1, 0.15) is 5.69 Å². The van der Waals surface area contributed by atoms with Gasteiger partial charge in [0.25, 0.3) is 5.91 Å². The molecule has 1 aromatic carbocycles. The van der Waals surface area contributed by atoms with Crippen molar-refractivity contribution in [1.82, 2.24) is 14.7 Å².